The molecule has 0 amide bonds. The van der Waals surface area contributed by atoms with E-state index in [0.29, 0.717) is 6.54 Å². The van der Waals surface area contributed by atoms with E-state index >= 15 is 0 Å². The number of aromatic nitrogens is 3. The highest BCUT2D eigenvalue weighted by Gasteiger charge is 2.28. The van der Waals surface area contributed by atoms with Gasteiger partial charge in [-0.3, -0.25) is 9.58 Å². The Kier molecular flexibility index (Phi) is 4.22. The van der Waals surface area contributed by atoms with E-state index in [4.69, 9.17) is 0 Å². The molecule has 0 aliphatic carbocycles. The molecule has 0 radical (unpaired) electrons. The van der Waals surface area contributed by atoms with Crippen LogP contribution in [-0.4, -0.2) is 64.8 Å². The second kappa shape index (κ2) is 5.56. The molecule has 1 aliphatic rings. The molecular formula is C11H21N5O2S. The number of aryl methyl sites for hydroxylation is 1. The van der Waals surface area contributed by atoms with Gasteiger partial charge in [0.25, 0.3) is 0 Å². The van der Waals surface area contributed by atoms with Crippen LogP contribution in [0.5, 0.6) is 0 Å². The number of nitrogens with zero attached hydrogens (tertiary/aromatic N) is 5. The van der Waals surface area contributed by atoms with Gasteiger partial charge in [0.05, 0.1) is 12.8 Å². The molecule has 1 unspecified atom stereocenters. The topological polar surface area (TPSA) is 71.3 Å². The van der Waals surface area contributed by atoms with Gasteiger partial charge in [0.2, 0.25) is 10.0 Å². The molecule has 2 rings (SSSR count). The lowest BCUT2D eigenvalue weighted by Crippen LogP contribution is -2.48. The van der Waals surface area contributed by atoms with Crippen molar-refractivity contribution in [3.05, 3.63) is 12.2 Å². The van der Waals surface area contributed by atoms with Crippen LogP contribution in [0.2, 0.25) is 0 Å². The van der Waals surface area contributed by atoms with Crippen LogP contribution in [0, 0.1) is 0 Å². The largest absolute Gasteiger partial charge is 0.294 e. The van der Waals surface area contributed by atoms with Crippen molar-refractivity contribution >= 4 is 10.0 Å². The Morgan fingerprint density at radius 3 is 2.84 bits per heavy atom. The van der Waals surface area contributed by atoms with Gasteiger partial charge >= 0.3 is 0 Å². The molecule has 2 heterocycles. The molecule has 7 nitrogen and oxygen atoms in total. The maximum absolute atomic E-state index is 11.6. The molecule has 0 bridgehead atoms. The predicted octanol–water partition coefficient (Wildman–Crippen LogP) is -0.329. The summed E-state index contributed by atoms with van der Waals surface area (Å²) < 4.78 is 26.4. The Hall–Kier alpha value is -0.990. The van der Waals surface area contributed by atoms with Gasteiger partial charge in [-0.15, -0.1) is 0 Å². The van der Waals surface area contributed by atoms with Gasteiger partial charge in [-0.1, -0.05) is 0 Å². The van der Waals surface area contributed by atoms with E-state index in [1.807, 2.05) is 7.05 Å². The number of likely N-dealkylation sites (tertiary alicyclic amines) is 1. The Balaban J connectivity index is 2.00. The Bertz CT molecular complexity index is 527. The monoisotopic (exact) mass is 287 g/mol. The molecule has 0 saturated carbocycles. The zero-order chi connectivity index (χ0) is 14.0. The summed E-state index contributed by atoms with van der Waals surface area (Å²) >= 11 is 0. The van der Waals surface area contributed by atoms with Gasteiger partial charge in [-0.25, -0.2) is 17.7 Å². The average Bonchev–Trinajstić information content (AvgIpc) is 2.73. The SMILES string of the molecule is CN(C1CCCN(Cc2ncnn2C)C1)S(C)(=O)=O. The lowest BCUT2D eigenvalue weighted by molar-refractivity contribution is 0.149. The zero-order valence-corrected chi connectivity index (χ0v) is 12.5. The second-order valence-electron chi connectivity index (χ2n) is 5.11. The van der Waals surface area contributed by atoms with Crippen LogP contribution in [-0.2, 0) is 23.6 Å². The standard InChI is InChI=1S/C11H21N5O2S/c1-14-11(12-9-13-14)8-16-6-4-5-10(7-16)15(2)19(3,17)18/h9-10H,4-8H2,1-3H3. The summed E-state index contributed by atoms with van der Waals surface area (Å²) in [5, 5.41) is 4.05. The third-order valence-corrected chi connectivity index (χ3v) is 5.03. The van der Waals surface area contributed by atoms with Crippen molar-refractivity contribution in [1.29, 1.82) is 0 Å². The number of hydrogen-bond donors (Lipinski definition) is 0. The van der Waals surface area contributed by atoms with E-state index in [1.165, 1.54) is 10.6 Å². The van der Waals surface area contributed by atoms with Crippen molar-refractivity contribution in [2.75, 3.05) is 26.4 Å². The molecule has 1 saturated heterocycles. The highest BCUT2D eigenvalue weighted by Crippen LogP contribution is 2.18. The third-order valence-electron chi connectivity index (χ3n) is 3.69. The van der Waals surface area contributed by atoms with Crippen molar-refractivity contribution in [1.82, 2.24) is 24.0 Å². The summed E-state index contributed by atoms with van der Waals surface area (Å²) in [6.07, 6.45) is 4.72. The first-order valence-corrected chi connectivity index (χ1v) is 8.21. The first-order chi connectivity index (χ1) is 8.88. The lowest BCUT2D eigenvalue weighted by Gasteiger charge is -2.36. The number of piperidine rings is 1. The Morgan fingerprint density at radius 2 is 2.26 bits per heavy atom. The fourth-order valence-electron chi connectivity index (χ4n) is 2.41. The van der Waals surface area contributed by atoms with Crippen molar-refractivity contribution in [2.45, 2.75) is 25.4 Å². The summed E-state index contributed by atoms with van der Waals surface area (Å²) in [4.78, 5) is 6.44. The third kappa shape index (κ3) is 3.52. The maximum Gasteiger partial charge on any atom is 0.211 e. The van der Waals surface area contributed by atoms with Gasteiger partial charge in [0.15, 0.2) is 0 Å². The first-order valence-electron chi connectivity index (χ1n) is 6.36. The summed E-state index contributed by atoms with van der Waals surface area (Å²) in [5.74, 6) is 0.905. The molecule has 0 N–H and O–H groups in total. The lowest BCUT2D eigenvalue weighted by atomic mass is 10.1. The van der Waals surface area contributed by atoms with E-state index < -0.39 is 10.0 Å². The van der Waals surface area contributed by atoms with Crippen molar-refractivity contribution in [3.63, 3.8) is 0 Å². The molecule has 0 aromatic carbocycles. The summed E-state index contributed by atoms with van der Waals surface area (Å²) in [6.45, 7) is 2.43. The number of rotatable bonds is 4. The molecular weight excluding hydrogens is 266 g/mol. The van der Waals surface area contributed by atoms with Crippen molar-refractivity contribution < 1.29 is 8.42 Å². The number of hydrogen-bond acceptors (Lipinski definition) is 5. The highest BCUT2D eigenvalue weighted by molar-refractivity contribution is 7.88. The smallest absolute Gasteiger partial charge is 0.211 e. The maximum atomic E-state index is 11.6. The normalized spacial score (nSPS) is 22.0. The average molecular weight is 287 g/mol. The zero-order valence-electron chi connectivity index (χ0n) is 11.7. The van der Waals surface area contributed by atoms with Gasteiger partial charge in [0, 0.05) is 26.7 Å². The molecule has 1 aliphatic heterocycles. The van der Waals surface area contributed by atoms with Crippen LogP contribution >= 0.6 is 0 Å². The van der Waals surface area contributed by atoms with Crippen molar-refractivity contribution in [3.8, 4) is 0 Å². The van der Waals surface area contributed by atoms with E-state index in [0.717, 1.165) is 31.8 Å². The predicted molar refractivity (Wildman–Crippen MR) is 71.9 cm³/mol. The molecule has 8 heteroatoms. The van der Waals surface area contributed by atoms with Gasteiger partial charge < -0.3 is 0 Å². The van der Waals surface area contributed by atoms with Crippen LogP contribution in [0.15, 0.2) is 6.33 Å². The highest BCUT2D eigenvalue weighted by atomic mass is 32.2. The summed E-state index contributed by atoms with van der Waals surface area (Å²) in [5.41, 5.74) is 0. The molecule has 1 fully saturated rings. The fraction of sp³-hybridized carbons (Fsp3) is 0.818. The second-order valence-corrected chi connectivity index (χ2v) is 7.15. The summed E-state index contributed by atoms with van der Waals surface area (Å²) in [7, 11) is 0.403. The van der Waals surface area contributed by atoms with Gasteiger partial charge in [-0.2, -0.15) is 5.10 Å². The van der Waals surface area contributed by atoms with E-state index in [9.17, 15) is 8.42 Å². The minimum Gasteiger partial charge on any atom is -0.294 e. The van der Waals surface area contributed by atoms with E-state index in [1.54, 1.807) is 18.1 Å². The van der Waals surface area contributed by atoms with Crippen LogP contribution in [0.1, 0.15) is 18.7 Å². The number of likely N-dealkylation sites (N-methyl/N-ethyl adjacent to an activating group) is 1. The molecule has 1 atom stereocenters. The minimum absolute atomic E-state index is 0.0528. The van der Waals surface area contributed by atoms with Crippen LogP contribution in [0.25, 0.3) is 0 Å². The van der Waals surface area contributed by atoms with Crippen LogP contribution in [0.4, 0.5) is 0 Å². The quantitative estimate of drug-likeness (QED) is 0.758. The fourth-order valence-corrected chi connectivity index (χ4v) is 3.12. The molecule has 1 aromatic rings. The number of sulfonamides is 1. The Labute approximate surface area is 114 Å². The van der Waals surface area contributed by atoms with E-state index in [2.05, 4.69) is 15.0 Å². The van der Waals surface area contributed by atoms with E-state index in [-0.39, 0.29) is 6.04 Å². The molecule has 108 valence electrons. The van der Waals surface area contributed by atoms with Crippen LogP contribution in [0.3, 0.4) is 0 Å². The van der Waals surface area contributed by atoms with Crippen LogP contribution < -0.4 is 0 Å². The van der Waals surface area contributed by atoms with Crippen molar-refractivity contribution in [2.24, 2.45) is 7.05 Å². The minimum atomic E-state index is -3.12. The summed E-state index contributed by atoms with van der Waals surface area (Å²) in [6, 6.07) is 0.0528. The van der Waals surface area contributed by atoms with Gasteiger partial charge in [-0.05, 0) is 19.4 Å². The molecule has 1 aromatic heterocycles. The molecule has 0 spiro atoms. The van der Waals surface area contributed by atoms with Gasteiger partial charge in [0.1, 0.15) is 12.2 Å². The first kappa shape index (κ1) is 14.4. The Morgan fingerprint density at radius 1 is 1.53 bits per heavy atom. The molecule has 19 heavy (non-hydrogen) atoms.